The Hall–Kier alpha value is -1.54. The summed E-state index contributed by atoms with van der Waals surface area (Å²) in [5, 5.41) is 14.0. The fraction of sp³-hybridized carbons (Fsp3) is 0.883. The van der Waals surface area contributed by atoms with Crippen molar-refractivity contribution in [3.8, 4) is 0 Å². The van der Waals surface area contributed by atoms with Crippen LogP contribution in [0.2, 0.25) is 0 Å². The maximum absolute atomic E-state index is 13.1. The zero-order chi connectivity index (χ0) is 62.6. The number of unbranched alkanes of at least 4 members (excludes halogenated alkanes) is 52. The first-order valence-electron chi connectivity index (χ1n) is 38.0. The molecule has 508 valence electrons. The highest BCUT2D eigenvalue weighted by Gasteiger charge is 2.23. The van der Waals surface area contributed by atoms with Crippen molar-refractivity contribution in [2.75, 3.05) is 40.9 Å². The summed E-state index contributed by atoms with van der Waals surface area (Å²) in [5.74, 6) is -0.199. The van der Waals surface area contributed by atoms with Crippen molar-refractivity contribution in [3.05, 3.63) is 48.6 Å². The molecular weight excluding hydrogens is 1080 g/mol. The molecule has 9 heteroatoms. The predicted molar refractivity (Wildman–Crippen MR) is 376 cm³/mol. The van der Waals surface area contributed by atoms with E-state index in [9.17, 15) is 19.4 Å². The van der Waals surface area contributed by atoms with E-state index in [-0.39, 0.29) is 19.1 Å². The van der Waals surface area contributed by atoms with Gasteiger partial charge in [0, 0.05) is 6.42 Å². The highest BCUT2D eigenvalue weighted by atomic mass is 31.2. The lowest BCUT2D eigenvalue weighted by Crippen LogP contribution is -2.45. The van der Waals surface area contributed by atoms with Crippen molar-refractivity contribution < 1.29 is 32.9 Å². The summed E-state index contributed by atoms with van der Waals surface area (Å²) in [6.07, 6.45) is 92.7. The van der Waals surface area contributed by atoms with Crippen LogP contribution in [0.15, 0.2) is 48.6 Å². The number of aliphatic hydroxyl groups excluding tert-OH is 1. The molecule has 0 aromatic heterocycles. The number of rotatable bonds is 71. The van der Waals surface area contributed by atoms with Crippen LogP contribution in [-0.4, -0.2) is 68.5 Å². The normalized spacial score (nSPS) is 13.8. The summed E-state index contributed by atoms with van der Waals surface area (Å²) in [4.78, 5) is 25.7. The van der Waals surface area contributed by atoms with Crippen LogP contribution in [0.4, 0.5) is 0 Å². The minimum atomic E-state index is -4.61. The second kappa shape index (κ2) is 67.8. The fourth-order valence-electron chi connectivity index (χ4n) is 11.6. The number of hydrogen-bond donors (Lipinski definition) is 2. The molecule has 0 fully saturated rings. The number of nitrogens with zero attached hydrogens (tertiary/aromatic N) is 1. The number of nitrogens with one attached hydrogen (secondary N) is 1. The molecule has 0 heterocycles. The number of quaternary nitrogens is 1. The lowest BCUT2D eigenvalue weighted by molar-refractivity contribution is -0.870. The summed E-state index contributed by atoms with van der Waals surface area (Å²) >= 11 is 0. The lowest BCUT2D eigenvalue weighted by atomic mass is 10.0. The zero-order valence-corrected chi connectivity index (χ0v) is 59.2. The average molecular weight is 1230 g/mol. The summed E-state index contributed by atoms with van der Waals surface area (Å²) in [7, 11) is 1.26. The molecule has 0 rings (SSSR count). The van der Waals surface area contributed by atoms with E-state index in [1.165, 1.54) is 321 Å². The fourth-order valence-corrected chi connectivity index (χ4v) is 12.3. The minimum Gasteiger partial charge on any atom is -0.756 e. The first kappa shape index (κ1) is 84.5. The maximum Gasteiger partial charge on any atom is 0.268 e. The zero-order valence-electron chi connectivity index (χ0n) is 58.3. The molecule has 8 nitrogen and oxygen atoms in total. The maximum atomic E-state index is 13.1. The van der Waals surface area contributed by atoms with Crippen molar-refractivity contribution in [2.24, 2.45) is 0 Å². The number of phosphoric ester groups is 1. The topological polar surface area (TPSA) is 108 Å². The molecular formula is C77H149N2O6P. The highest BCUT2D eigenvalue weighted by molar-refractivity contribution is 7.45. The number of phosphoric acid groups is 1. The van der Waals surface area contributed by atoms with Gasteiger partial charge in [0.05, 0.1) is 39.9 Å². The van der Waals surface area contributed by atoms with Gasteiger partial charge in [0.2, 0.25) is 5.91 Å². The van der Waals surface area contributed by atoms with E-state index in [0.29, 0.717) is 17.4 Å². The van der Waals surface area contributed by atoms with E-state index in [4.69, 9.17) is 9.05 Å². The number of carbonyl (C=O) groups is 1. The van der Waals surface area contributed by atoms with E-state index in [1.54, 1.807) is 6.08 Å². The van der Waals surface area contributed by atoms with Gasteiger partial charge < -0.3 is 28.8 Å². The third kappa shape index (κ3) is 69.9. The van der Waals surface area contributed by atoms with Crippen LogP contribution in [0.3, 0.4) is 0 Å². The lowest BCUT2D eigenvalue weighted by Gasteiger charge is -2.29. The molecule has 0 bridgehead atoms. The van der Waals surface area contributed by atoms with Gasteiger partial charge in [0.25, 0.3) is 7.82 Å². The van der Waals surface area contributed by atoms with Crippen LogP contribution in [0.1, 0.15) is 386 Å². The molecule has 0 aromatic rings. The molecule has 2 N–H and O–H groups in total. The van der Waals surface area contributed by atoms with Crippen molar-refractivity contribution in [2.45, 2.75) is 398 Å². The van der Waals surface area contributed by atoms with Gasteiger partial charge in [-0.25, -0.2) is 0 Å². The Bertz CT molecular complexity index is 1540. The average Bonchev–Trinajstić information content (AvgIpc) is 3.70. The number of amides is 1. The number of allylic oxidation sites excluding steroid dienone is 7. The van der Waals surface area contributed by atoms with E-state index in [2.05, 4.69) is 55.6 Å². The first-order chi connectivity index (χ1) is 42.0. The molecule has 0 aliphatic rings. The SMILES string of the molecule is CCCCCCC/C=C\C/C=C\CCCCCCCCCCCCCCCCCCCCCCCCCCCC(=O)NC(COP(=O)([O-])OCC[N+](C)(C)C)C(O)/C=C/CC/C=C/CCCCCCCCCCCCCCCCCCCCCCC. The van der Waals surface area contributed by atoms with Crippen LogP contribution >= 0.6 is 7.82 Å². The van der Waals surface area contributed by atoms with Gasteiger partial charge in [0.1, 0.15) is 13.2 Å². The Morgan fingerprint density at radius 3 is 1.01 bits per heavy atom. The smallest absolute Gasteiger partial charge is 0.268 e. The molecule has 86 heavy (non-hydrogen) atoms. The Labute approximate surface area is 537 Å². The van der Waals surface area contributed by atoms with Crippen molar-refractivity contribution in [1.29, 1.82) is 0 Å². The molecule has 0 spiro atoms. The monoisotopic (exact) mass is 1230 g/mol. The molecule has 3 atom stereocenters. The third-order valence-electron chi connectivity index (χ3n) is 17.5. The molecule has 0 saturated heterocycles. The number of likely N-dealkylation sites (N-methyl/N-ethyl adjacent to an activating group) is 1. The number of aliphatic hydroxyl groups is 1. The Balaban J connectivity index is 3.99. The van der Waals surface area contributed by atoms with Crippen molar-refractivity contribution in [1.82, 2.24) is 5.32 Å². The first-order valence-corrected chi connectivity index (χ1v) is 39.5. The molecule has 3 unspecified atom stereocenters. The van der Waals surface area contributed by atoms with Gasteiger partial charge in [-0.15, -0.1) is 0 Å². The third-order valence-corrected chi connectivity index (χ3v) is 18.5. The Morgan fingerprint density at radius 1 is 0.407 bits per heavy atom. The van der Waals surface area contributed by atoms with Crippen LogP contribution in [-0.2, 0) is 18.4 Å². The van der Waals surface area contributed by atoms with E-state index < -0.39 is 20.0 Å². The Kier molecular flexibility index (Phi) is 66.6. The largest absolute Gasteiger partial charge is 0.756 e. The van der Waals surface area contributed by atoms with Crippen LogP contribution in [0, 0.1) is 0 Å². The van der Waals surface area contributed by atoms with Crippen LogP contribution < -0.4 is 10.2 Å². The van der Waals surface area contributed by atoms with Gasteiger partial charge in [-0.3, -0.25) is 9.36 Å². The van der Waals surface area contributed by atoms with Crippen molar-refractivity contribution in [3.63, 3.8) is 0 Å². The molecule has 0 aliphatic carbocycles. The van der Waals surface area contributed by atoms with Gasteiger partial charge in [0.15, 0.2) is 0 Å². The molecule has 0 saturated carbocycles. The van der Waals surface area contributed by atoms with Crippen LogP contribution in [0.25, 0.3) is 0 Å². The highest BCUT2D eigenvalue weighted by Crippen LogP contribution is 2.38. The van der Waals surface area contributed by atoms with Gasteiger partial charge in [-0.05, 0) is 64.2 Å². The molecule has 1 amide bonds. The van der Waals surface area contributed by atoms with E-state index in [0.717, 1.165) is 44.9 Å². The van der Waals surface area contributed by atoms with Gasteiger partial charge in [-0.2, -0.15) is 0 Å². The number of carbonyl (C=O) groups excluding carboxylic acids is 1. The quantitative estimate of drug-likeness (QED) is 0.0272. The summed E-state index contributed by atoms with van der Waals surface area (Å²) in [6, 6.07) is -0.904. The molecule has 0 radical (unpaired) electrons. The summed E-state index contributed by atoms with van der Waals surface area (Å²) in [6.45, 7) is 4.68. The van der Waals surface area contributed by atoms with E-state index in [1.807, 2.05) is 27.2 Å². The minimum absolute atomic E-state index is 0.00471. The molecule has 0 aliphatic heterocycles. The number of hydrogen-bond acceptors (Lipinski definition) is 6. The predicted octanol–water partition coefficient (Wildman–Crippen LogP) is 23.9. The van der Waals surface area contributed by atoms with Crippen molar-refractivity contribution >= 4 is 13.7 Å². The Morgan fingerprint density at radius 2 is 0.686 bits per heavy atom. The van der Waals surface area contributed by atoms with Gasteiger partial charge in [-0.1, -0.05) is 364 Å². The summed E-state index contributed by atoms with van der Waals surface area (Å²) in [5.41, 5.74) is 0. The van der Waals surface area contributed by atoms with E-state index >= 15 is 0 Å². The molecule has 0 aromatic carbocycles. The summed E-state index contributed by atoms with van der Waals surface area (Å²) < 4.78 is 23.5. The standard InChI is InChI=1S/C77H149N2O6P/c1-6-8-10-12-14-16-18-20-22-24-26-28-30-32-34-35-36-37-38-39-40-41-42-43-45-47-49-51-53-55-57-59-61-63-65-67-69-71-77(81)78-75(74-85-86(82,83)84-73-72-79(3,4)5)76(80)70-68-66-64-62-60-58-56-54-52-50-48-46-44-33-31-29-27-25-23-21-19-17-15-13-11-9-7-2/h18,20,24,26,60,62,68,70,75-76,80H,6-17,19,21-23,25,27-59,61,63-67,69,71-74H2,1-5H3,(H-,78,81,82,83)/b20-18-,26-24-,62-60+,70-68+. The second-order valence-corrected chi connectivity index (χ2v) is 28.8. The second-order valence-electron chi connectivity index (χ2n) is 27.4. The van der Waals surface area contributed by atoms with Gasteiger partial charge >= 0.3 is 0 Å². The van der Waals surface area contributed by atoms with Crippen LogP contribution in [0.5, 0.6) is 0 Å².